The summed E-state index contributed by atoms with van der Waals surface area (Å²) in [5.41, 5.74) is 4.86. The van der Waals surface area contributed by atoms with Gasteiger partial charge in [0.1, 0.15) is 5.78 Å². The summed E-state index contributed by atoms with van der Waals surface area (Å²) in [6.07, 6.45) is 4.11. The third-order valence-electron chi connectivity index (χ3n) is 4.54. The summed E-state index contributed by atoms with van der Waals surface area (Å²) in [6, 6.07) is 17.2. The Bertz CT molecular complexity index is 915. The van der Waals surface area contributed by atoms with E-state index in [-0.39, 0.29) is 5.78 Å². The predicted molar refractivity (Wildman–Crippen MR) is 107 cm³/mol. The minimum Gasteiger partial charge on any atom is -0.305 e. The van der Waals surface area contributed by atoms with Gasteiger partial charge in [-0.15, -0.1) is 0 Å². The lowest BCUT2D eigenvalue weighted by Gasteiger charge is -2.12. The van der Waals surface area contributed by atoms with Gasteiger partial charge in [-0.2, -0.15) is 0 Å². The number of carbonyl (C=O) groups is 1. The lowest BCUT2D eigenvalue weighted by molar-refractivity contribution is -0.116. The van der Waals surface area contributed by atoms with E-state index in [1.807, 2.05) is 6.20 Å². The van der Waals surface area contributed by atoms with Crippen LogP contribution in [0.15, 0.2) is 54.7 Å². The lowest BCUT2D eigenvalue weighted by Crippen LogP contribution is -2.10. The van der Waals surface area contributed by atoms with Gasteiger partial charge in [-0.1, -0.05) is 36.4 Å². The normalized spacial score (nSPS) is 11.2. The van der Waals surface area contributed by atoms with Crippen LogP contribution in [0.25, 0.3) is 10.8 Å². The van der Waals surface area contributed by atoms with E-state index in [2.05, 4.69) is 72.5 Å². The Labute approximate surface area is 155 Å². The smallest absolute Gasteiger partial charge is 0.130 e. The van der Waals surface area contributed by atoms with Crippen LogP contribution in [-0.2, 0) is 24.2 Å². The molecular weight excluding hydrogens is 320 g/mol. The van der Waals surface area contributed by atoms with E-state index in [1.54, 1.807) is 6.92 Å². The van der Waals surface area contributed by atoms with Crippen molar-refractivity contribution in [1.29, 1.82) is 0 Å². The number of hydrogen-bond donors (Lipinski definition) is 0. The number of carbonyl (C=O) groups excluding carboxylic acids is 1. The van der Waals surface area contributed by atoms with Crippen LogP contribution in [0.1, 0.15) is 35.7 Å². The van der Waals surface area contributed by atoms with Gasteiger partial charge in [-0.3, -0.25) is 4.98 Å². The van der Waals surface area contributed by atoms with Gasteiger partial charge in [0.2, 0.25) is 0 Å². The number of rotatable bonds is 7. The molecule has 26 heavy (non-hydrogen) atoms. The molecule has 1 heterocycles. The zero-order chi connectivity index (χ0) is 18.5. The first-order valence-corrected chi connectivity index (χ1v) is 9.10. The zero-order valence-corrected chi connectivity index (χ0v) is 15.8. The number of fused-ring (bicyclic) bond motifs is 1. The first-order chi connectivity index (χ1) is 12.5. The molecule has 3 heteroatoms. The van der Waals surface area contributed by atoms with Crippen LogP contribution in [0.5, 0.6) is 0 Å². The van der Waals surface area contributed by atoms with Gasteiger partial charge in [0.15, 0.2) is 0 Å². The quantitative estimate of drug-likeness (QED) is 0.635. The molecule has 0 atom stereocenters. The van der Waals surface area contributed by atoms with Gasteiger partial charge in [0.05, 0.1) is 5.69 Å². The fourth-order valence-electron chi connectivity index (χ4n) is 3.30. The van der Waals surface area contributed by atoms with Crippen molar-refractivity contribution in [3.8, 4) is 0 Å². The van der Waals surface area contributed by atoms with Gasteiger partial charge in [-0.25, -0.2) is 0 Å². The molecular formula is C23H26N2O. The van der Waals surface area contributed by atoms with E-state index in [4.69, 9.17) is 0 Å². The molecule has 0 bridgehead atoms. The van der Waals surface area contributed by atoms with E-state index < -0.39 is 0 Å². The van der Waals surface area contributed by atoms with Crippen LogP contribution in [0.3, 0.4) is 0 Å². The van der Waals surface area contributed by atoms with E-state index >= 15 is 0 Å². The van der Waals surface area contributed by atoms with Crippen molar-refractivity contribution >= 4 is 16.6 Å². The monoisotopic (exact) mass is 346 g/mol. The van der Waals surface area contributed by atoms with Crippen molar-refractivity contribution in [3.63, 3.8) is 0 Å². The van der Waals surface area contributed by atoms with Crippen molar-refractivity contribution in [2.24, 2.45) is 0 Å². The van der Waals surface area contributed by atoms with Crippen LogP contribution < -0.4 is 0 Å². The number of benzene rings is 2. The van der Waals surface area contributed by atoms with Gasteiger partial charge >= 0.3 is 0 Å². The maximum atomic E-state index is 11.2. The maximum absolute atomic E-state index is 11.2. The molecule has 3 rings (SSSR count). The highest BCUT2D eigenvalue weighted by atomic mass is 16.1. The number of pyridine rings is 1. The second kappa shape index (κ2) is 8.24. The molecule has 0 saturated carbocycles. The number of aryl methyl sites for hydroxylation is 1. The Morgan fingerprint density at radius 2 is 1.81 bits per heavy atom. The molecule has 0 radical (unpaired) electrons. The molecule has 2 aromatic carbocycles. The van der Waals surface area contributed by atoms with E-state index in [9.17, 15) is 4.79 Å². The van der Waals surface area contributed by atoms with Crippen LogP contribution in [0.2, 0.25) is 0 Å². The maximum Gasteiger partial charge on any atom is 0.130 e. The summed E-state index contributed by atoms with van der Waals surface area (Å²) >= 11 is 0. The number of nitrogens with zero attached hydrogens (tertiary/aromatic N) is 2. The fourth-order valence-corrected chi connectivity index (χ4v) is 3.30. The van der Waals surface area contributed by atoms with E-state index in [0.29, 0.717) is 6.42 Å². The average molecular weight is 346 g/mol. The summed E-state index contributed by atoms with van der Waals surface area (Å²) in [4.78, 5) is 18.0. The number of Topliss-reactive ketones (excluding diaryl/α,β-unsaturated/α-hetero) is 1. The second-order valence-corrected chi connectivity index (χ2v) is 7.25. The van der Waals surface area contributed by atoms with Crippen LogP contribution in [-0.4, -0.2) is 29.8 Å². The average Bonchev–Trinajstić information content (AvgIpc) is 2.60. The van der Waals surface area contributed by atoms with Gasteiger partial charge < -0.3 is 9.69 Å². The van der Waals surface area contributed by atoms with Crippen LogP contribution in [0.4, 0.5) is 0 Å². The van der Waals surface area contributed by atoms with Crippen molar-refractivity contribution in [1.82, 2.24) is 9.88 Å². The zero-order valence-electron chi connectivity index (χ0n) is 15.8. The molecule has 1 aromatic heterocycles. The fraction of sp³-hybridized carbons (Fsp3) is 0.304. The highest BCUT2D eigenvalue weighted by Crippen LogP contribution is 2.22. The minimum atomic E-state index is 0.236. The van der Waals surface area contributed by atoms with Gasteiger partial charge in [-0.05, 0) is 61.6 Å². The first kappa shape index (κ1) is 18.3. The van der Waals surface area contributed by atoms with Crippen molar-refractivity contribution < 1.29 is 4.79 Å². The highest BCUT2D eigenvalue weighted by Gasteiger charge is 2.06. The lowest BCUT2D eigenvalue weighted by atomic mass is 9.99. The van der Waals surface area contributed by atoms with Crippen molar-refractivity contribution in [2.75, 3.05) is 14.1 Å². The Balaban J connectivity index is 1.84. The Kier molecular flexibility index (Phi) is 5.79. The van der Waals surface area contributed by atoms with Gasteiger partial charge in [0.25, 0.3) is 0 Å². The number of hydrogen-bond acceptors (Lipinski definition) is 3. The SMILES string of the molecule is CC(=O)CCc1cccc(Cc2nccc3cc(CN(C)C)ccc23)c1. The molecule has 0 N–H and O–H groups in total. The summed E-state index contributed by atoms with van der Waals surface area (Å²) in [7, 11) is 4.17. The molecule has 0 aliphatic rings. The third kappa shape index (κ3) is 4.77. The van der Waals surface area contributed by atoms with E-state index in [0.717, 1.165) is 25.1 Å². The minimum absolute atomic E-state index is 0.236. The predicted octanol–water partition coefficient (Wildman–Crippen LogP) is 4.41. The summed E-state index contributed by atoms with van der Waals surface area (Å²) in [5, 5.41) is 2.45. The molecule has 0 fully saturated rings. The van der Waals surface area contributed by atoms with Crippen LogP contribution in [0, 0.1) is 0 Å². The molecule has 0 saturated heterocycles. The molecule has 0 spiro atoms. The molecule has 134 valence electrons. The third-order valence-corrected chi connectivity index (χ3v) is 4.54. The second-order valence-electron chi connectivity index (χ2n) is 7.25. The Morgan fingerprint density at radius 3 is 2.58 bits per heavy atom. The first-order valence-electron chi connectivity index (χ1n) is 9.10. The standard InChI is InChI=1S/C23H26N2O/c1-17(26)7-8-18-5-4-6-19(13-18)15-23-22-10-9-20(16-25(2)3)14-21(22)11-12-24-23/h4-6,9-14H,7-8,15-16H2,1-3H3. The molecule has 0 unspecified atom stereocenters. The summed E-state index contributed by atoms with van der Waals surface area (Å²) in [5.74, 6) is 0.236. The van der Waals surface area contributed by atoms with Crippen molar-refractivity contribution in [3.05, 3.63) is 77.1 Å². The Hall–Kier alpha value is -2.52. The Morgan fingerprint density at radius 1 is 1.00 bits per heavy atom. The molecule has 0 aliphatic carbocycles. The summed E-state index contributed by atoms with van der Waals surface area (Å²) in [6.45, 7) is 2.58. The largest absolute Gasteiger partial charge is 0.305 e. The van der Waals surface area contributed by atoms with Gasteiger partial charge in [0, 0.05) is 31.0 Å². The topological polar surface area (TPSA) is 33.2 Å². The molecule has 0 amide bonds. The molecule has 3 aromatic rings. The van der Waals surface area contributed by atoms with E-state index in [1.165, 1.54) is 27.5 Å². The van der Waals surface area contributed by atoms with Crippen molar-refractivity contribution in [2.45, 2.75) is 32.7 Å². The number of aromatic nitrogens is 1. The molecule has 0 aliphatic heterocycles. The van der Waals surface area contributed by atoms with Crippen LogP contribution >= 0.6 is 0 Å². The highest BCUT2D eigenvalue weighted by molar-refractivity contribution is 5.85. The number of ketones is 1. The molecule has 3 nitrogen and oxygen atoms in total. The summed E-state index contributed by atoms with van der Waals surface area (Å²) < 4.78 is 0.